The predicted molar refractivity (Wildman–Crippen MR) is 99.7 cm³/mol. The molecule has 23 heavy (non-hydrogen) atoms. The van der Waals surface area contributed by atoms with Crippen LogP contribution in [0.25, 0.3) is 0 Å². The molecule has 0 aliphatic carbocycles. The van der Waals surface area contributed by atoms with Gasteiger partial charge >= 0.3 is 0 Å². The second-order valence-electron chi connectivity index (χ2n) is 5.67. The molecule has 1 unspecified atom stereocenters. The first-order valence-corrected chi connectivity index (χ1v) is 8.03. The summed E-state index contributed by atoms with van der Waals surface area (Å²) in [5.74, 6) is 1.47. The molecule has 0 radical (unpaired) electrons. The molecule has 0 spiro atoms. The molecule has 1 aromatic carbocycles. The third-order valence-corrected chi connectivity index (χ3v) is 3.74. The monoisotopic (exact) mass is 317 g/mol. The van der Waals surface area contributed by atoms with Gasteiger partial charge in [-0.15, -0.1) is 0 Å². The van der Waals surface area contributed by atoms with Gasteiger partial charge in [-0.05, 0) is 29.4 Å². The third-order valence-electron chi connectivity index (χ3n) is 3.74. The summed E-state index contributed by atoms with van der Waals surface area (Å²) >= 11 is 0. The Labute approximate surface area is 141 Å². The first-order chi connectivity index (χ1) is 10.9. The van der Waals surface area contributed by atoms with E-state index in [9.17, 15) is 0 Å². The van der Waals surface area contributed by atoms with E-state index in [0.29, 0.717) is 17.7 Å². The highest BCUT2D eigenvalue weighted by molar-refractivity contribution is 5.93. The van der Waals surface area contributed by atoms with Crippen LogP contribution in [0.5, 0.6) is 0 Å². The molecule has 0 saturated heterocycles. The van der Waals surface area contributed by atoms with Gasteiger partial charge in [-0.1, -0.05) is 65.1 Å². The van der Waals surface area contributed by atoms with E-state index in [0.717, 1.165) is 17.6 Å². The summed E-state index contributed by atoms with van der Waals surface area (Å²) in [5.41, 5.74) is 3.24. The average molecular weight is 317 g/mol. The number of rotatable bonds is 6. The minimum atomic E-state index is 0.153. The maximum atomic E-state index is 9.06. The normalized spacial score (nSPS) is 12.2. The Hall–Kier alpha value is -1.87. The van der Waals surface area contributed by atoms with Crippen LogP contribution in [0.3, 0.4) is 0 Å². The second-order valence-corrected chi connectivity index (χ2v) is 5.67. The Morgan fingerprint density at radius 1 is 1.30 bits per heavy atom. The van der Waals surface area contributed by atoms with Crippen LogP contribution in [0.4, 0.5) is 0 Å². The number of aliphatic hydroxyl groups excluding tert-OH is 1. The molecule has 0 saturated carbocycles. The summed E-state index contributed by atoms with van der Waals surface area (Å²) in [6.07, 6.45) is 2.57. The number of aliphatic imine (C=N–C) groups is 1. The first-order valence-electron chi connectivity index (χ1n) is 8.03. The molecule has 3 heteroatoms. The van der Waals surface area contributed by atoms with Crippen LogP contribution in [0.1, 0.15) is 51.2 Å². The van der Waals surface area contributed by atoms with Crippen molar-refractivity contribution in [3.05, 3.63) is 60.3 Å². The second kappa shape index (κ2) is 11.7. The van der Waals surface area contributed by atoms with Gasteiger partial charge in [-0.3, -0.25) is 0 Å². The quantitative estimate of drug-likeness (QED) is 0.587. The smallest absolute Gasteiger partial charge is 0.215 e. The SMILES string of the molecule is C=CN=C(OC)C(=C)C(C)C.CCC(C)c1ccccc1CO. The molecule has 1 atom stereocenters. The van der Waals surface area contributed by atoms with Crippen molar-refractivity contribution in [3.63, 3.8) is 0 Å². The van der Waals surface area contributed by atoms with Crippen molar-refractivity contribution in [1.82, 2.24) is 0 Å². The van der Waals surface area contributed by atoms with Crippen LogP contribution in [0.2, 0.25) is 0 Å². The van der Waals surface area contributed by atoms with Gasteiger partial charge in [0.2, 0.25) is 5.90 Å². The van der Waals surface area contributed by atoms with E-state index in [2.05, 4.69) is 38.1 Å². The van der Waals surface area contributed by atoms with Crippen LogP contribution in [-0.2, 0) is 11.3 Å². The standard InChI is InChI=1S/C11H16O.C9H15NO/c1-3-9(2)11-7-5-4-6-10(11)8-12;1-6-10-9(11-5)8(4)7(2)3/h4-7,9,12H,3,8H2,1-2H3;6-7H,1,4H2,2-3,5H3. The van der Waals surface area contributed by atoms with Crippen molar-refractivity contribution in [2.24, 2.45) is 10.9 Å². The fourth-order valence-electron chi connectivity index (χ4n) is 1.98. The van der Waals surface area contributed by atoms with Crippen molar-refractivity contribution < 1.29 is 9.84 Å². The molecule has 3 nitrogen and oxygen atoms in total. The zero-order valence-electron chi connectivity index (χ0n) is 15.2. The van der Waals surface area contributed by atoms with Gasteiger partial charge in [-0.25, -0.2) is 4.99 Å². The van der Waals surface area contributed by atoms with Crippen molar-refractivity contribution in [2.45, 2.75) is 46.6 Å². The highest BCUT2D eigenvalue weighted by atomic mass is 16.5. The van der Waals surface area contributed by atoms with Gasteiger partial charge in [0.15, 0.2) is 0 Å². The van der Waals surface area contributed by atoms with Gasteiger partial charge in [0.25, 0.3) is 0 Å². The van der Waals surface area contributed by atoms with Gasteiger partial charge in [0, 0.05) is 11.8 Å². The Morgan fingerprint density at radius 3 is 2.35 bits per heavy atom. The summed E-state index contributed by atoms with van der Waals surface area (Å²) in [4.78, 5) is 3.92. The van der Waals surface area contributed by atoms with Crippen LogP contribution >= 0.6 is 0 Å². The molecule has 0 amide bonds. The van der Waals surface area contributed by atoms with Crippen molar-refractivity contribution in [1.29, 1.82) is 0 Å². The predicted octanol–water partition coefficient (Wildman–Crippen LogP) is 5.08. The van der Waals surface area contributed by atoms with Gasteiger partial charge < -0.3 is 9.84 Å². The van der Waals surface area contributed by atoms with Crippen LogP contribution in [-0.4, -0.2) is 18.1 Å². The summed E-state index contributed by atoms with van der Waals surface area (Å²) in [6, 6.07) is 8.08. The van der Waals surface area contributed by atoms with Gasteiger partial charge in [0.1, 0.15) is 0 Å². The summed E-state index contributed by atoms with van der Waals surface area (Å²) in [5, 5.41) is 9.06. The molecular formula is C20H31NO2. The maximum Gasteiger partial charge on any atom is 0.215 e. The topological polar surface area (TPSA) is 41.8 Å². The van der Waals surface area contributed by atoms with E-state index in [1.807, 2.05) is 32.0 Å². The average Bonchev–Trinajstić information content (AvgIpc) is 2.58. The fourth-order valence-corrected chi connectivity index (χ4v) is 1.98. The lowest BCUT2D eigenvalue weighted by atomic mass is 9.94. The Kier molecular flexibility index (Phi) is 10.7. The number of nitrogens with zero attached hydrogens (tertiary/aromatic N) is 1. The number of hydrogen-bond acceptors (Lipinski definition) is 3. The minimum Gasteiger partial charge on any atom is -0.481 e. The van der Waals surface area contributed by atoms with Crippen molar-refractivity contribution in [3.8, 4) is 0 Å². The molecule has 0 aliphatic heterocycles. The summed E-state index contributed by atoms with van der Waals surface area (Å²) < 4.78 is 4.99. The Bertz CT molecular complexity index is 518. The zero-order valence-corrected chi connectivity index (χ0v) is 15.2. The number of hydrogen-bond donors (Lipinski definition) is 1. The molecule has 0 fully saturated rings. The highest BCUT2D eigenvalue weighted by Crippen LogP contribution is 2.22. The maximum absolute atomic E-state index is 9.06. The van der Waals surface area contributed by atoms with Gasteiger partial charge in [0.05, 0.1) is 13.7 Å². The van der Waals surface area contributed by atoms with Crippen LogP contribution in [0, 0.1) is 5.92 Å². The Morgan fingerprint density at radius 2 is 1.91 bits per heavy atom. The molecule has 0 aliphatic rings. The molecule has 0 aromatic heterocycles. The van der Waals surface area contributed by atoms with E-state index in [1.54, 1.807) is 7.11 Å². The largest absolute Gasteiger partial charge is 0.481 e. The molecule has 1 aromatic rings. The van der Waals surface area contributed by atoms with Crippen LogP contribution < -0.4 is 0 Å². The van der Waals surface area contributed by atoms with E-state index >= 15 is 0 Å². The molecule has 1 rings (SSSR count). The number of methoxy groups -OCH3 is 1. The molecule has 0 heterocycles. The molecule has 128 valence electrons. The number of ether oxygens (including phenoxy) is 1. The van der Waals surface area contributed by atoms with Gasteiger partial charge in [-0.2, -0.15) is 0 Å². The van der Waals surface area contributed by atoms with Crippen molar-refractivity contribution >= 4 is 5.90 Å². The fraction of sp³-hybridized carbons (Fsp3) is 0.450. The van der Waals surface area contributed by atoms with E-state index in [4.69, 9.17) is 9.84 Å². The summed E-state index contributed by atoms with van der Waals surface area (Å²) in [7, 11) is 1.58. The zero-order chi connectivity index (χ0) is 17.8. The Balaban J connectivity index is 0.000000423. The van der Waals surface area contributed by atoms with E-state index < -0.39 is 0 Å². The van der Waals surface area contributed by atoms with Crippen LogP contribution in [0.15, 0.2) is 54.2 Å². The molecule has 0 bridgehead atoms. The lowest BCUT2D eigenvalue weighted by molar-refractivity contribution is 0.280. The lowest BCUT2D eigenvalue weighted by Gasteiger charge is -2.12. The molecular weight excluding hydrogens is 286 g/mol. The first kappa shape index (κ1) is 21.1. The summed E-state index contributed by atoms with van der Waals surface area (Å²) in [6.45, 7) is 15.9. The van der Waals surface area contributed by atoms with E-state index in [-0.39, 0.29) is 6.61 Å². The van der Waals surface area contributed by atoms with Crippen molar-refractivity contribution in [2.75, 3.05) is 7.11 Å². The minimum absolute atomic E-state index is 0.153. The highest BCUT2D eigenvalue weighted by Gasteiger charge is 2.07. The lowest BCUT2D eigenvalue weighted by Crippen LogP contribution is -2.08. The van der Waals surface area contributed by atoms with E-state index in [1.165, 1.54) is 11.8 Å². The number of benzene rings is 1. The number of aliphatic hydroxyl groups is 1. The molecule has 1 N–H and O–H groups in total. The third kappa shape index (κ3) is 7.29.